The smallest absolute Gasteiger partial charge is 0.319 e. The van der Waals surface area contributed by atoms with Gasteiger partial charge in [-0.2, -0.15) is 0 Å². The van der Waals surface area contributed by atoms with E-state index in [-0.39, 0.29) is 25.1 Å². The predicted octanol–water partition coefficient (Wildman–Crippen LogP) is 0.463. The van der Waals surface area contributed by atoms with Crippen molar-refractivity contribution in [2.75, 3.05) is 33.3 Å². The van der Waals surface area contributed by atoms with Crippen LogP contribution in [0, 0.1) is 11.8 Å². The molecule has 1 aliphatic heterocycles. The first kappa shape index (κ1) is 14.8. The lowest BCUT2D eigenvalue weighted by atomic mass is 9.98. The Morgan fingerprint density at radius 3 is 2.39 bits per heavy atom. The maximum absolute atomic E-state index is 12.0. The van der Waals surface area contributed by atoms with Crippen LogP contribution in [0.15, 0.2) is 0 Å². The lowest BCUT2D eigenvalue weighted by molar-refractivity contribution is -0.141. The second kappa shape index (κ2) is 6.58. The van der Waals surface area contributed by atoms with E-state index in [4.69, 9.17) is 10.2 Å². The molecule has 0 radical (unpaired) electrons. The van der Waals surface area contributed by atoms with Gasteiger partial charge in [0.25, 0.3) is 0 Å². The number of piperidine rings is 1. The Morgan fingerprint density at radius 2 is 1.94 bits per heavy atom. The van der Waals surface area contributed by atoms with Crippen molar-refractivity contribution in [2.45, 2.75) is 19.8 Å². The number of carboxylic acids is 1. The van der Waals surface area contributed by atoms with Crippen molar-refractivity contribution in [3.8, 4) is 0 Å². The number of carboxylic acid groups (broad SMARTS) is 1. The van der Waals surface area contributed by atoms with Crippen molar-refractivity contribution < 1.29 is 19.8 Å². The van der Waals surface area contributed by atoms with Crippen LogP contribution in [0.3, 0.4) is 0 Å². The largest absolute Gasteiger partial charge is 0.481 e. The number of nitrogens with zero attached hydrogens (tertiary/aromatic N) is 2. The molecule has 6 nitrogen and oxygen atoms in total. The van der Waals surface area contributed by atoms with Crippen molar-refractivity contribution in [3.05, 3.63) is 0 Å². The molecule has 0 spiro atoms. The first-order chi connectivity index (χ1) is 8.45. The van der Waals surface area contributed by atoms with E-state index in [0.29, 0.717) is 13.1 Å². The van der Waals surface area contributed by atoms with Crippen molar-refractivity contribution in [1.82, 2.24) is 9.80 Å². The lowest BCUT2D eigenvalue weighted by Gasteiger charge is -2.34. The SMILES string of the molecule is CC(CN(C)C(=O)N1CCC(CO)CC1)C(=O)O. The third-order valence-corrected chi connectivity index (χ3v) is 3.44. The molecule has 0 bridgehead atoms. The number of hydrogen-bond acceptors (Lipinski definition) is 3. The average Bonchev–Trinajstić information content (AvgIpc) is 2.37. The fraction of sp³-hybridized carbons (Fsp3) is 0.833. The van der Waals surface area contributed by atoms with Gasteiger partial charge in [0.2, 0.25) is 0 Å². The second-order valence-corrected chi connectivity index (χ2v) is 5.02. The number of likely N-dealkylation sites (tertiary alicyclic amines) is 1. The highest BCUT2D eigenvalue weighted by molar-refractivity contribution is 5.76. The Morgan fingerprint density at radius 1 is 1.39 bits per heavy atom. The Labute approximate surface area is 107 Å². The molecule has 18 heavy (non-hydrogen) atoms. The maximum atomic E-state index is 12.0. The van der Waals surface area contributed by atoms with Gasteiger partial charge >= 0.3 is 12.0 Å². The molecule has 0 aromatic carbocycles. The summed E-state index contributed by atoms with van der Waals surface area (Å²) in [5.41, 5.74) is 0. The summed E-state index contributed by atoms with van der Waals surface area (Å²) >= 11 is 0. The van der Waals surface area contributed by atoms with Gasteiger partial charge in [-0.05, 0) is 18.8 Å². The average molecular weight is 258 g/mol. The second-order valence-electron chi connectivity index (χ2n) is 5.02. The minimum Gasteiger partial charge on any atom is -0.481 e. The Kier molecular flexibility index (Phi) is 5.40. The molecule has 0 aromatic rings. The van der Waals surface area contributed by atoms with Crippen LogP contribution in [0.25, 0.3) is 0 Å². The highest BCUT2D eigenvalue weighted by Crippen LogP contribution is 2.17. The first-order valence-electron chi connectivity index (χ1n) is 6.29. The van der Waals surface area contributed by atoms with E-state index < -0.39 is 11.9 Å². The molecule has 0 aliphatic carbocycles. The van der Waals surface area contributed by atoms with E-state index in [9.17, 15) is 9.59 Å². The van der Waals surface area contributed by atoms with E-state index in [1.165, 1.54) is 4.90 Å². The van der Waals surface area contributed by atoms with Gasteiger partial charge in [0.05, 0.1) is 5.92 Å². The summed E-state index contributed by atoms with van der Waals surface area (Å²) in [6.07, 6.45) is 1.62. The fourth-order valence-electron chi connectivity index (χ4n) is 2.12. The van der Waals surface area contributed by atoms with E-state index >= 15 is 0 Å². The van der Waals surface area contributed by atoms with Crippen molar-refractivity contribution in [2.24, 2.45) is 11.8 Å². The van der Waals surface area contributed by atoms with Crippen LogP contribution >= 0.6 is 0 Å². The fourth-order valence-corrected chi connectivity index (χ4v) is 2.12. The summed E-state index contributed by atoms with van der Waals surface area (Å²) < 4.78 is 0. The summed E-state index contributed by atoms with van der Waals surface area (Å²) in [5.74, 6) is -1.17. The molecular weight excluding hydrogens is 236 g/mol. The molecule has 1 aliphatic rings. The Hall–Kier alpha value is -1.30. The lowest BCUT2D eigenvalue weighted by Crippen LogP contribution is -2.47. The van der Waals surface area contributed by atoms with Crippen LogP contribution in [-0.2, 0) is 4.79 Å². The van der Waals surface area contributed by atoms with Crippen LogP contribution in [0.4, 0.5) is 4.79 Å². The molecule has 2 N–H and O–H groups in total. The third-order valence-electron chi connectivity index (χ3n) is 3.44. The molecule has 6 heteroatoms. The number of carbonyl (C=O) groups is 2. The van der Waals surface area contributed by atoms with Gasteiger partial charge in [0.15, 0.2) is 0 Å². The number of amides is 2. The number of carbonyl (C=O) groups excluding carboxylic acids is 1. The third kappa shape index (κ3) is 3.87. The summed E-state index contributed by atoms with van der Waals surface area (Å²) in [4.78, 5) is 26.0. The van der Waals surface area contributed by atoms with Gasteiger partial charge < -0.3 is 20.0 Å². The van der Waals surface area contributed by atoms with Gasteiger partial charge in [-0.3, -0.25) is 4.79 Å². The van der Waals surface area contributed by atoms with Crippen molar-refractivity contribution >= 4 is 12.0 Å². The van der Waals surface area contributed by atoms with E-state index in [2.05, 4.69) is 0 Å². The summed E-state index contributed by atoms with van der Waals surface area (Å²) in [6, 6.07) is -0.125. The van der Waals surface area contributed by atoms with E-state index in [1.807, 2.05) is 0 Å². The standard InChI is InChI=1S/C12H22N2O4/c1-9(11(16)17)7-13(2)12(18)14-5-3-10(8-15)4-6-14/h9-10,15H,3-8H2,1-2H3,(H,16,17). The maximum Gasteiger partial charge on any atom is 0.319 e. The molecule has 1 unspecified atom stereocenters. The van der Waals surface area contributed by atoms with Crippen LogP contribution in [0.2, 0.25) is 0 Å². The predicted molar refractivity (Wildman–Crippen MR) is 66.2 cm³/mol. The number of hydrogen-bond donors (Lipinski definition) is 2. The zero-order valence-electron chi connectivity index (χ0n) is 11.0. The zero-order valence-corrected chi connectivity index (χ0v) is 11.0. The number of aliphatic hydroxyl groups is 1. The summed E-state index contributed by atoms with van der Waals surface area (Å²) in [7, 11) is 1.62. The molecular formula is C12H22N2O4. The molecule has 2 amide bonds. The quantitative estimate of drug-likeness (QED) is 0.767. The topological polar surface area (TPSA) is 81.1 Å². The molecule has 0 saturated carbocycles. The van der Waals surface area contributed by atoms with Crippen LogP contribution in [-0.4, -0.2) is 65.3 Å². The molecule has 1 saturated heterocycles. The summed E-state index contributed by atoms with van der Waals surface area (Å²) in [5, 5.41) is 17.8. The molecule has 1 rings (SSSR count). The van der Waals surface area contributed by atoms with Crippen LogP contribution in [0.1, 0.15) is 19.8 Å². The highest BCUT2D eigenvalue weighted by Gasteiger charge is 2.26. The number of urea groups is 1. The van der Waals surface area contributed by atoms with Gasteiger partial charge in [-0.1, -0.05) is 6.92 Å². The highest BCUT2D eigenvalue weighted by atomic mass is 16.4. The molecule has 1 heterocycles. The normalized spacial score (nSPS) is 18.5. The molecule has 1 fully saturated rings. The first-order valence-corrected chi connectivity index (χ1v) is 6.29. The minimum absolute atomic E-state index is 0.125. The molecule has 1 atom stereocenters. The molecule has 104 valence electrons. The summed E-state index contributed by atoms with van der Waals surface area (Å²) in [6.45, 7) is 3.25. The minimum atomic E-state index is -0.895. The number of aliphatic carboxylic acids is 1. The number of aliphatic hydroxyl groups excluding tert-OH is 1. The van der Waals surface area contributed by atoms with Gasteiger partial charge in [-0.15, -0.1) is 0 Å². The zero-order chi connectivity index (χ0) is 13.7. The van der Waals surface area contributed by atoms with E-state index in [1.54, 1.807) is 18.9 Å². The van der Waals surface area contributed by atoms with Gasteiger partial charge in [0.1, 0.15) is 0 Å². The van der Waals surface area contributed by atoms with Crippen molar-refractivity contribution in [3.63, 3.8) is 0 Å². The van der Waals surface area contributed by atoms with Crippen LogP contribution < -0.4 is 0 Å². The van der Waals surface area contributed by atoms with Crippen molar-refractivity contribution in [1.29, 1.82) is 0 Å². The van der Waals surface area contributed by atoms with Gasteiger partial charge in [-0.25, -0.2) is 4.79 Å². The van der Waals surface area contributed by atoms with Gasteiger partial charge in [0, 0.05) is 33.3 Å². The van der Waals surface area contributed by atoms with E-state index in [0.717, 1.165) is 12.8 Å². The van der Waals surface area contributed by atoms with Crippen LogP contribution in [0.5, 0.6) is 0 Å². The Bertz CT molecular complexity index is 300. The Balaban J connectivity index is 2.42. The molecule has 0 aromatic heterocycles. The number of rotatable bonds is 4. The monoisotopic (exact) mass is 258 g/mol.